The van der Waals surface area contributed by atoms with Crippen molar-refractivity contribution >= 4 is 11.9 Å². The SMILES string of the molecule is CCC(=O)N1CCCC(c2nc(N3CCN(C)CC3)ncc2-c2cc(C)no2)C1. The summed E-state index contributed by atoms with van der Waals surface area (Å²) in [7, 11) is 2.14. The Morgan fingerprint density at radius 1 is 1.24 bits per heavy atom. The minimum absolute atomic E-state index is 0.175. The molecule has 1 unspecified atom stereocenters. The Kier molecular flexibility index (Phi) is 5.80. The predicted molar refractivity (Wildman–Crippen MR) is 111 cm³/mol. The summed E-state index contributed by atoms with van der Waals surface area (Å²) in [5.74, 6) is 1.85. The van der Waals surface area contributed by atoms with E-state index in [-0.39, 0.29) is 11.8 Å². The van der Waals surface area contributed by atoms with Gasteiger partial charge in [0.25, 0.3) is 0 Å². The fourth-order valence-corrected chi connectivity index (χ4v) is 4.19. The first-order chi connectivity index (χ1) is 14.0. The summed E-state index contributed by atoms with van der Waals surface area (Å²) in [5.41, 5.74) is 2.69. The van der Waals surface area contributed by atoms with Crippen molar-refractivity contribution in [2.24, 2.45) is 0 Å². The number of anilines is 1. The van der Waals surface area contributed by atoms with E-state index in [2.05, 4.69) is 27.0 Å². The van der Waals surface area contributed by atoms with Crippen LogP contribution in [-0.4, -0.2) is 77.1 Å². The topological polar surface area (TPSA) is 78.6 Å². The van der Waals surface area contributed by atoms with Gasteiger partial charge in [0.2, 0.25) is 11.9 Å². The van der Waals surface area contributed by atoms with Crippen LogP contribution in [-0.2, 0) is 4.79 Å². The highest BCUT2D eigenvalue weighted by molar-refractivity contribution is 5.76. The summed E-state index contributed by atoms with van der Waals surface area (Å²) < 4.78 is 5.55. The number of aromatic nitrogens is 3. The van der Waals surface area contributed by atoms with Crippen molar-refractivity contribution in [2.45, 2.75) is 39.0 Å². The molecule has 8 nitrogen and oxygen atoms in total. The van der Waals surface area contributed by atoms with Crippen LogP contribution >= 0.6 is 0 Å². The Balaban J connectivity index is 1.68. The molecule has 0 spiro atoms. The highest BCUT2D eigenvalue weighted by Gasteiger charge is 2.29. The zero-order chi connectivity index (χ0) is 20.4. The van der Waals surface area contributed by atoms with Crippen molar-refractivity contribution in [3.05, 3.63) is 23.7 Å². The van der Waals surface area contributed by atoms with Crippen LogP contribution in [0, 0.1) is 6.92 Å². The number of likely N-dealkylation sites (N-methyl/N-ethyl adjacent to an activating group) is 1. The third kappa shape index (κ3) is 4.27. The van der Waals surface area contributed by atoms with Gasteiger partial charge < -0.3 is 19.2 Å². The molecule has 2 aliphatic heterocycles. The summed E-state index contributed by atoms with van der Waals surface area (Å²) in [5, 5.41) is 4.05. The number of amides is 1. The molecule has 4 heterocycles. The van der Waals surface area contributed by atoms with Crippen molar-refractivity contribution in [3.8, 4) is 11.3 Å². The average Bonchev–Trinajstić information content (AvgIpc) is 3.19. The molecule has 156 valence electrons. The maximum absolute atomic E-state index is 12.3. The molecule has 4 rings (SSSR count). The van der Waals surface area contributed by atoms with Crippen LogP contribution in [0.4, 0.5) is 5.95 Å². The molecule has 2 aromatic heterocycles. The summed E-state index contributed by atoms with van der Waals surface area (Å²) in [6.07, 6.45) is 4.40. The van der Waals surface area contributed by atoms with E-state index in [0.29, 0.717) is 18.7 Å². The molecule has 0 bridgehead atoms. The van der Waals surface area contributed by atoms with E-state index >= 15 is 0 Å². The molecule has 2 aromatic rings. The van der Waals surface area contributed by atoms with E-state index in [1.165, 1.54) is 0 Å². The summed E-state index contributed by atoms with van der Waals surface area (Å²) in [4.78, 5) is 28.5. The first-order valence-electron chi connectivity index (χ1n) is 10.6. The number of rotatable bonds is 4. The van der Waals surface area contributed by atoms with Crippen molar-refractivity contribution in [1.29, 1.82) is 0 Å². The van der Waals surface area contributed by atoms with Crippen molar-refractivity contribution in [1.82, 2.24) is 24.9 Å². The van der Waals surface area contributed by atoms with Gasteiger partial charge in [0.05, 0.1) is 17.0 Å². The molecule has 2 fully saturated rings. The zero-order valence-corrected chi connectivity index (χ0v) is 17.6. The van der Waals surface area contributed by atoms with Gasteiger partial charge in [-0.1, -0.05) is 12.1 Å². The first kappa shape index (κ1) is 19.8. The van der Waals surface area contributed by atoms with Gasteiger partial charge in [-0.05, 0) is 26.8 Å². The number of hydrogen-bond acceptors (Lipinski definition) is 7. The number of piperazine rings is 1. The normalized spacial score (nSPS) is 20.9. The monoisotopic (exact) mass is 398 g/mol. The van der Waals surface area contributed by atoms with Crippen LogP contribution in [0.5, 0.6) is 0 Å². The Bertz CT molecular complexity index is 859. The molecule has 2 aliphatic rings. The lowest BCUT2D eigenvalue weighted by molar-refractivity contribution is -0.132. The molecular weight excluding hydrogens is 368 g/mol. The number of nitrogens with zero attached hydrogens (tertiary/aromatic N) is 6. The molecule has 0 radical (unpaired) electrons. The lowest BCUT2D eigenvalue weighted by Gasteiger charge is -2.35. The van der Waals surface area contributed by atoms with Gasteiger partial charge in [0.15, 0.2) is 5.76 Å². The molecule has 29 heavy (non-hydrogen) atoms. The van der Waals surface area contributed by atoms with Gasteiger partial charge in [-0.2, -0.15) is 0 Å². The fraction of sp³-hybridized carbons (Fsp3) is 0.619. The highest BCUT2D eigenvalue weighted by atomic mass is 16.5. The van der Waals surface area contributed by atoms with E-state index in [9.17, 15) is 4.79 Å². The molecule has 0 N–H and O–H groups in total. The van der Waals surface area contributed by atoms with Gasteiger partial charge in [0.1, 0.15) is 0 Å². The molecule has 0 saturated carbocycles. The Morgan fingerprint density at radius 3 is 2.72 bits per heavy atom. The number of aryl methyl sites for hydroxylation is 1. The maximum Gasteiger partial charge on any atom is 0.225 e. The van der Waals surface area contributed by atoms with Crippen LogP contribution in [0.15, 0.2) is 16.8 Å². The molecule has 8 heteroatoms. The van der Waals surface area contributed by atoms with Gasteiger partial charge in [-0.15, -0.1) is 0 Å². The molecule has 0 aliphatic carbocycles. The van der Waals surface area contributed by atoms with Crippen LogP contribution < -0.4 is 4.90 Å². The quantitative estimate of drug-likeness (QED) is 0.782. The lowest BCUT2D eigenvalue weighted by atomic mass is 9.91. The Hall–Kier alpha value is -2.48. The van der Waals surface area contributed by atoms with Crippen molar-refractivity contribution in [2.75, 3.05) is 51.2 Å². The molecule has 2 saturated heterocycles. The van der Waals surface area contributed by atoms with Gasteiger partial charge >= 0.3 is 0 Å². The second-order valence-corrected chi connectivity index (χ2v) is 8.12. The van der Waals surface area contributed by atoms with E-state index in [4.69, 9.17) is 9.51 Å². The number of carbonyl (C=O) groups is 1. The molecular formula is C21H30N6O2. The number of piperidine rings is 1. The summed E-state index contributed by atoms with van der Waals surface area (Å²) in [6, 6.07) is 1.93. The van der Waals surface area contributed by atoms with E-state index in [1.807, 2.05) is 31.0 Å². The minimum atomic E-state index is 0.175. The van der Waals surface area contributed by atoms with Gasteiger partial charge in [-0.3, -0.25) is 4.79 Å². The van der Waals surface area contributed by atoms with Crippen molar-refractivity contribution in [3.63, 3.8) is 0 Å². The fourth-order valence-electron chi connectivity index (χ4n) is 4.19. The number of hydrogen-bond donors (Lipinski definition) is 0. The molecule has 1 amide bonds. The van der Waals surface area contributed by atoms with Gasteiger partial charge in [0, 0.05) is 63.9 Å². The van der Waals surface area contributed by atoms with E-state index in [0.717, 1.165) is 68.5 Å². The number of likely N-dealkylation sites (tertiary alicyclic amines) is 1. The predicted octanol–water partition coefficient (Wildman–Crippen LogP) is 2.31. The van der Waals surface area contributed by atoms with Crippen molar-refractivity contribution < 1.29 is 9.32 Å². The van der Waals surface area contributed by atoms with Crippen LogP contribution in [0.3, 0.4) is 0 Å². The number of carbonyl (C=O) groups excluding carboxylic acids is 1. The third-order valence-corrected chi connectivity index (χ3v) is 5.95. The standard InChI is InChI=1S/C21H30N6O2/c1-4-19(28)27-7-5-6-16(14-27)20-17(18-12-15(2)24-29-18)13-22-21(23-20)26-10-8-25(3)9-11-26/h12-13,16H,4-11,14H2,1-3H3. The summed E-state index contributed by atoms with van der Waals surface area (Å²) in [6.45, 7) is 9.21. The van der Waals surface area contributed by atoms with Gasteiger partial charge in [-0.25, -0.2) is 9.97 Å². The smallest absolute Gasteiger partial charge is 0.225 e. The average molecular weight is 399 g/mol. The summed E-state index contributed by atoms with van der Waals surface area (Å²) >= 11 is 0. The second-order valence-electron chi connectivity index (χ2n) is 8.12. The first-order valence-corrected chi connectivity index (χ1v) is 10.6. The molecule has 0 aromatic carbocycles. The Morgan fingerprint density at radius 2 is 2.03 bits per heavy atom. The minimum Gasteiger partial charge on any atom is -0.356 e. The highest BCUT2D eigenvalue weighted by Crippen LogP contribution is 2.34. The van der Waals surface area contributed by atoms with Crippen LogP contribution in [0.1, 0.15) is 43.5 Å². The van der Waals surface area contributed by atoms with E-state index in [1.54, 1.807) is 0 Å². The Labute approximate surface area is 171 Å². The second kappa shape index (κ2) is 8.49. The lowest BCUT2D eigenvalue weighted by Crippen LogP contribution is -2.45. The maximum atomic E-state index is 12.3. The van der Waals surface area contributed by atoms with E-state index < -0.39 is 0 Å². The largest absolute Gasteiger partial charge is 0.356 e. The third-order valence-electron chi connectivity index (χ3n) is 5.95. The van der Waals surface area contributed by atoms with Crippen LogP contribution in [0.2, 0.25) is 0 Å². The molecule has 1 atom stereocenters. The van der Waals surface area contributed by atoms with Crippen LogP contribution in [0.25, 0.3) is 11.3 Å². The zero-order valence-electron chi connectivity index (χ0n) is 17.6.